The molecule has 1 N–H and O–H groups in total. The second-order valence-corrected chi connectivity index (χ2v) is 7.26. The maximum Gasteiger partial charge on any atom is 0.220 e. The monoisotopic (exact) mass is 375 g/mol. The van der Waals surface area contributed by atoms with E-state index >= 15 is 0 Å². The molecule has 0 aromatic carbocycles. The Hall–Kier alpha value is -3.02. The van der Waals surface area contributed by atoms with Crippen molar-refractivity contribution in [1.82, 2.24) is 25.1 Å². The number of carbonyl (C=O) groups is 1. The van der Waals surface area contributed by atoms with Crippen molar-refractivity contribution in [2.24, 2.45) is 0 Å². The lowest BCUT2D eigenvalue weighted by molar-refractivity contribution is -0.121. The average Bonchev–Trinajstić information content (AvgIpc) is 3.49. The Morgan fingerprint density at radius 1 is 1.07 bits per heavy atom. The van der Waals surface area contributed by atoms with Gasteiger partial charge in [0.15, 0.2) is 0 Å². The highest BCUT2D eigenvalue weighted by Crippen LogP contribution is 2.43. The molecule has 6 nitrogen and oxygen atoms in total. The van der Waals surface area contributed by atoms with Crippen LogP contribution in [0.2, 0.25) is 0 Å². The van der Waals surface area contributed by atoms with Crippen LogP contribution in [0.25, 0.3) is 11.1 Å². The molecule has 6 heteroatoms. The van der Waals surface area contributed by atoms with Crippen LogP contribution in [0.4, 0.5) is 0 Å². The second-order valence-electron chi connectivity index (χ2n) is 7.26. The van der Waals surface area contributed by atoms with Crippen molar-refractivity contribution in [3.8, 4) is 11.1 Å². The molecule has 144 valence electrons. The molecule has 0 aliphatic heterocycles. The van der Waals surface area contributed by atoms with Gasteiger partial charge in [-0.25, -0.2) is 0 Å². The van der Waals surface area contributed by atoms with Gasteiger partial charge in [-0.1, -0.05) is 0 Å². The van der Waals surface area contributed by atoms with Gasteiger partial charge in [-0.2, -0.15) is 5.10 Å². The number of carbonyl (C=O) groups excluding carboxylic acids is 1. The molecule has 3 heterocycles. The van der Waals surface area contributed by atoms with E-state index in [9.17, 15) is 4.79 Å². The Kier molecular flexibility index (Phi) is 5.75. The van der Waals surface area contributed by atoms with E-state index in [1.807, 2.05) is 41.3 Å². The molecular formula is C22H25N5O. The van der Waals surface area contributed by atoms with Gasteiger partial charge in [-0.3, -0.25) is 19.4 Å². The highest BCUT2D eigenvalue weighted by Gasteiger charge is 2.29. The van der Waals surface area contributed by atoms with Gasteiger partial charge >= 0.3 is 0 Å². The van der Waals surface area contributed by atoms with Crippen molar-refractivity contribution in [2.75, 3.05) is 6.54 Å². The number of aromatic nitrogens is 4. The zero-order valence-electron chi connectivity index (χ0n) is 15.9. The molecule has 1 amide bonds. The van der Waals surface area contributed by atoms with Crippen LogP contribution < -0.4 is 5.32 Å². The molecule has 1 saturated carbocycles. The quantitative estimate of drug-likeness (QED) is 0.622. The Labute approximate surface area is 165 Å². The molecule has 0 unspecified atom stereocenters. The molecule has 3 aromatic heterocycles. The van der Waals surface area contributed by atoms with Crippen LogP contribution in [-0.2, 0) is 17.8 Å². The molecule has 28 heavy (non-hydrogen) atoms. The van der Waals surface area contributed by atoms with Gasteiger partial charge in [0.25, 0.3) is 0 Å². The summed E-state index contributed by atoms with van der Waals surface area (Å²) in [6, 6.07) is 8.04. The third-order valence-electron chi connectivity index (χ3n) is 5.03. The van der Waals surface area contributed by atoms with Crippen molar-refractivity contribution in [3.05, 3.63) is 66.5 Å². The second kappa shape index (κ2) is 8.78. The largest absolute Gasteiger partial charge is 0.354 e. The molecule has 4 rings (SSSR count). The van der Waals surface area contributed by atoms with E-state index in [2.05, 4.69) is 21.5 Å². The predicted molar refractivity (Wildman–Crippen MR) is 108 cm³/mol. The van der Waals surface area contributed by atoms with Crippen molar-refractivity contribution in [2.45, 2.75) is 44.6 Å². The summed E-state index contributed by atoms with van der Waals surface area (Å²) in [6.07, 6.45) is 14.0. The molecule has 1 fully saturated rings. The fourth-order valence-corrected chi connectivity index (χ4v) is 3.36. The number of nitrogens with one attached hydrogen (secondary N) is 1. The third kappa shape index (κ3) is 4.82. The van der Waals surface area contributed by atoms with E-state index in [-0.39, 0.29) is 5.91 Å². The molecule has 0 bridgehead atoms. The number of nitrogens with zero attached hydrogens (tertiary/aromatic N) is 4. The molecule has 0 atom stereocenters. The number of rotatable bonds is 9. The lowest BCUT2D eigenvalue weighted by atomic mass is 10.1. The fraction of sp³-hybridized carbons (Fsp3) is 0.364. The summed E-state index contributed by atoms with van der Waals surface area (Å²) in [4.78, 5) is 20.2. The molecule has 0 spiro atoms. The highest BCUT2D eigenvalue weighted by atomic mass is 16.1. The summed E-state index contributed by atoms with van der Waals surface area (Å²) in [7, 11) is 0. The minimum Gasteiger partial charge on any atom is -0.354 e. The van der Waals surface area contributed by atoms with E-state index in [0.717, 1.165) is 18.4 Å². The van der Waals surface area contributed by atoms with Crippen LogP contribution in [0.15, 0.2) is 55.2 Å². The number of hydrogen-bond donors (Lipinski definition) is 1. The first-order chi connectivity index (χ1) is 13.8. The summed E-state index contributed by atoms with van der Waals surface area (Å²) in [5.74, 6) is 0.671. The SMILES string of the molecule is O=C(CCCc1ccncc1)NCCn1cc(-c2ccncc2)c(C2CC2)n1. The van der Waals surface area contributed by atoms with Crippen LogP contribution in [0.5, 0.6) is 0 Å². The Morgan fingerprint density at radius 2 is 1.79 bits per heavy atom. The predicted octanol–water partition coefficient (Wildman–Crippen LogP) is 3.36. The third-order valence-corrected chi connectivity index (χ3v) is 5.03. The van der Waals surface area contributed by atoms with E-state index in [1.54, 1.807) is 12.4 Å². The Balaban J connectivity index is 1.26. The average molecular weight is 375 g/mol. The number of pyridine rings is 2. The van der Waals surface area contributed by atoms with Crippen molar-refractivity contribution >= 4 is 5.91 Å². The summed E-state index contributed by atoms with van der Waals surface area (Å²) in [5.41, 5.74) is 4.74. The van der Waals surface area contributed by atoms with Gasteiger partial charge in [0.2, 0.25) is 5.91 Å². The van der Waals surface area contributed by atoms with Gasteiger partial charge in [0, 0.05) is 55.4 Å². The molecule has 0 radical (unpaired) electrons. The van der Waals surface area contributed by atoms with Crippen LogP contribution in [0, 0.1) is 0 Å². The topological polar surface area (TPSA) is 72.7 Å². The first-order valence-electron chi connectivity index (χ1n) is 9.93. The van der Waals surface area contributed by atoms with E-state index in [4.69, 9.17) is 5.10 Å². The Bertz CT molecular complexity index is 903. The number of hydrogen-bond acceptors (Lipinski definition) is 4. The van der Waals surface area contributed by atoms with Crippen molar-refractivity contribution in [3.63, 3.8) is 0 Å². The minimum absolute atomic E-state index is 0.0954. The van der Waals surface area contributed by atoms with E-state index < -0.39 is 0 Å². The number of aryl methyl sites for hydroxylation is 1. The summed E-state index contributed by atoms with van der Waals surface area (Å²) >= 11 is 0. The lowest BCUT2D eigenvalue weighted by Crippen LogP contribution is -2.27. The van der Waals surface area contributed by atoms with Crippen LogP contribution in [0.1, 0.15) is 42.9 Å². The summed E-state index contributed by atoms with van der Waals surface area (Å²) in [6.45, 7) is 1.27. The molecular weight excluding hydrogens is 350 g/mol. The van der Waals surface area contributed by atoms with E-state index in [0.29, 0.717) is 25.4 Å². The van der Waals surface area contributed by atoms with Crippen LogP contribution >= 0.6 is 0 Å². The van der Waals surface area contributed by atoms with Crippen molar-refractivity contribution < 1.29 is 4.79 Å². The van der Waals surface area contributed by atoms with Gasteiger partial charge in [-0.05, 0) is 61.1 Å². The summed E-state index contributed by atoms with van der Waals surface area (Å²) in [5, 5.41) is 7.79. The maximum atomic E-state index is 12.1. The molecule has 1 aliphatic rings. The van der Waals surface area contributed by atoms with Crippen molar-refractivity contribution in [1.29, 1.82) is 0 Å². The molecule has 1 aliphatic carbocycles. The number of amides is 1. The Morgan fingerprint density at radius 3 is 2.50 bits per heavy atom. The van der Waals surface area contributed by atoms with Gasteiger partial charge in [0.05, 0.1) is 12.2 Å². The van der Waals surface area contributed by atoms with Gasteiger partial charge in [0.1, 0.15) is 0 Å². The molecule has 0 saturated heterocycles. The normalized spacial score (nSPS) is 13.4. The maximum absolute atomic E-state index is 12.1. The van der Waals surface area contributed by atoms with Crippen LogP contribution in [-0.4, -0.2) is 32.2 Å². The van der Waals surface area contributed by atoms with E-state index in [1.165, 1.54) is 29.7 Å². The smallest absolute Gasteiger partial charge is 0.220 e. The highest BCUT2D eigenvalue weighted by molar-refractivity contribution is 5.75. The van der Waals surface area contributed by atoms with Crippen LogP contribution in [0.3, 0.4) is 0 Å². The van der Waals surface area contributed by atoms with Gasteiger partial charge in [-0.15, -0.1) is 0 Å². The standard InChI is InChI=1S/C22H25N5O/c28-21(3-1-2-17-6-10-23-11-7-17)25-14-15-27-16-20(18-8-12-24-13-9-18)22(26-27)19-4-5-19/h6-13,16,19H,1-5,14-15H2,(H,25,28). The zero-order chi connectivity index (χ0) is 19.2. The first kappa shape index (κ1) is 18.3. The first-order valence-corrected chi connectivity index (χ1v) is 9.93. The minimum atomic E-state index is 0.0954. The van der Waals surface area contributed by atoms with Gasteiger partial charge < -0.3 is 5.32 Å². The zero-order valence-corrected chi connectivity index (χ0v) is 15.9. The summed E-state index contributed by atoms with van der Waals surface area (Å²) < 4.78 is 1.96. The fourth-order valence-electron chi connectivity index (χ4n) is 3.36. The lowest BCUT2D eigenvalue weighted by Gasteiger charge is -2.05. The molecule has 3 aromatic rings.